The minimum atomic E-state index is -0.579. The fourth-order valence-electron chi connectivity index (χ4n) is 2.62. The van der Waals surface area contributed by atoms with Crippen LogP contribution in [0.25, 0.3) is 11.0 Å². The molecule has 3 aromatic rings. The quantitative estimate of drug-likeness (QED) is 0.687. The Morgan fingerprint density at radius 1 is 1.30 bits per heavy atom. The summed E-state index contributed by atoms with van der Waals surface area (Å²) in [6.07, 6.45) is 1.10. The number of nitrogen functional groups attached to an aromatic ring is 1. The molecule has 0 amide bonds. The maximum Gasteiger partial charge on any atom is 0.274 e. The van der Waals surface area contributed by atoms with E-state index in [0.29, 0.717) is 12.4 Å². The molecule has 0 aliphatic rings. The van der Waals surface area contributed by atoms with Gasteiger partial charge in [0.25, 0.3) is 5.56 Å². The van der Waals surface area contributed by atoms with Crippen molar-refractivity contribution in [3.8, 4) is 0 Å². The number of fused-ring (bicyclic) bond motifs is 1. The predicted molar refractivity (Wildman–Crippen MR) is 90.1 cm³/mol. The van der Waals surface area contributed by atoms with Crippen LogP contribution in [0.4, 0.5) is 5.69 Å². The Bertz CT molecular complexity index is 895. The first-order chi connectivity index (χ1) is 11.0. The normalized spacial score (nSPS) is 12.9. The van der Waals surface area contributed by atoms with Crippen LogP contribution in [-0.4, -0.2) is 19.6 Å². The number of nitrogens with one attached hydrogen (secondary N) is 1. The third-order valence-electron chi connectivity index (χ3n) is 3.91. The molecule has 23 heavy (non-hydrogen) atoms. The van der Waals surface area contributed by atoms with E-state index >= 15 is 0 Å². The molecule has 3 rings (SSSR count). The number of para-hydroxylation sites is 1. The maximum atomic E-state index is 12.0. The summed E-state index contributed by atoms with van der Waals surface area (Å²) in [5.74, 6) is 0.744. The number of rotatable bonds is 4. The number of nitrogens with two attached hydrogens (primary N) is 1. The molecule has 0 aliphatic heterocycles. The fourth-order valence-corrected chi connectivity index (χ4v) is 2.62. The van der Waals surface area contributed by atoms with Crippen molar-refractivity contribution in [1.29, 1.82) is 0 Å². The van der Waals surface area contributed by atoms with E-state index in [1.54, 1.807) is 18.3 Å². The first-order valence-electron chi connectivity index (χ1n) is 7.58. The van der Waals surface area contributed by atoms with Crippen LogP contribution >= 0.6 is 0 Å². The van der Waals surface area contributed by atoms with E-state index in [9.17, 15) is 9.90 Å². The third-order valence-corrected chi connectivity index (χ3v) is 3.91. The lowest BCUT2D eigenvalue weighted by Gasteiger charge is -2.14. The van der Waals surface area contributed by atoms with E-state index in [-0.39, 0.29) is 17.2 Å². The number of aromatic amines is 1. The molecular weight excluding hydrogens is 292 g/mol. The minimum absolute atomic E-state index is 0.0947. The summed E-state index contributed by atoms with van der Waals surface area (Å²) in [4.78, 5) is 19.8. The highest BCUT2D eigenvalue weighted by Crippen LogP contribution is 2.27. The van der Waals surface area contributed by atoms with Crippen molar-refractivity contribution in [1.82, 2.24) is 14.5 Å². The van der Waals surface area contributed by atoms with Gasteiger partial charge in [-0.2, -0.15) is 0 Å². The van der Waals surface area contributed by atoms with Crippen LogP contribution in [0.3, 0.4) is 0 Å². The van der Waals surface area contributed by atoms with Crippen LogP contribution in [0, 0.1) is 5.92 Å². The van der Waals surface area contributed by atoms with Gasteiger partial charge >= 0.3 is 0 Å². The highest BCUT2D eigenvalue weighted by molar-refractivity contribution is 5.79. The number of benzene rings is 1. The van der Waals surface area contributed by atoms with Crippen LogP contribution in [0.15, 0.2) is 41.3 Å². The average molecular weight is 312 g/mol. The van der Waals surface area contributed by atoms with Gasteiger partial charge in [-0.3, -0.25) is 4.79 Å². The van der Waals surface area contributed by atoms with Gasteiger partial charge in [-0.15, -0.1) is 0 Å². The van der Waals surface area contributed by atoms with E-state index in [1.807, 2.05) is 32.0 Å². The number of imidazole rings is 1. The predicted octanol–water partition coefficient (Wildman–Crippen LogP) is 2.04. The van der Waals surface area contributed by atoms with Crippen LogP contribution < -0.4 is 11.3 Å². The number of pyridine rings is 1. The van der Waals surface area contributed by atoms with Crippen LogP contribution in [0.5, 0.6) is 0 Å². The number of hydrogen-bond donors (Lipinski definition) is 3. The smallest absolute Gasteiger partial charge is 0.274 e. The Kier molecular flexibility index (Phi) is 3.92. The second-order valence-corrected chi connectivity index (χ2v) is 6.01. The van der Waals surface area contributed by atoms with Gasteiger partial charge in [0.1, 0.15) is 5.82 Å². The van der Waals surface area contributed by atoms with E-state index in [1.165, 1.54) is 4.57 Å². The summed E-state index contributed by atoms with van der Waals surface area (Å²) >= 11 is 0. The highest BCUT2D eigenvalue weighted by Gasteiger charge is 2.17. The first-order valence-corrected chi connectivity index (χ1v) is 7.58. The Morgan fingerprint density at radius 2 is 2.09 bits per heavy atom. The number of H-pyrrole nitrogens is 1. The van der Waals surface area contributed by atoms with Crippen molar-refractivity contribution in [2.24, 2.45) is 5.92 Å². The Balaban J connectivity index is 2.02. The van der Waals surface area contributed by atoms with Gasteiger partial charge in [0.2, 0.25) is 0 Å². The van der Waals surface area contributed by atoms with Crippen molar-refractivity contribution in [3.63, 3.8) is 0 Å². The third kappa shape index (κ3) is 2.85. The van der Waals surface area contributed by atoms with Crippen molar-refractivity contribution >= 4 is 16.7 Å². The summed E-state index contributed by atoms with van der Waals surface area (Å²) in [6, 6.07) is 8.98. The lowest BCUT2D eigenvalue weighted by Crippen LogP contribution is -2.22. The Morgan fingerprint density at radius 3 is 2.83 bits per heavy atom. The lowest BCUT2D eigenvalue weighted by molar-refractivity contribution is 0.128. The molecule has 4 N–H and O–H groups in total. The van der Waals surface area contributed by atoms with Crippen LogP contribution in [0.2, 0.25) is 0 Å². The van der Waals surface area contributed by atoms with Crippen molar-refractivity contribution in [2.75, 3.05) is 5.73 Å². The summed E-state index contributed by atoms with van der Waals surface area (Å²) in [5, 5.41) is 10.3. The summed E-state index contributed by atoms with van der Waals surface area (Å²) in [7, 11) is 0. The minimum Gasteiger partial charge on any atom is -0.394 e. The molecule has 0 saturated carbocycles. The molecule has 0 fully saturated rings. The fraction of sp³-hybridized carbons (Fsp3) is 0.294. The molecule has 1 unspecified atom stereocenters. The SMILES string of the molecule is CC(C)C(O)c1cccc2[nH]c(Cn3cccc(N)c3=O)nc12. The standard InChI is InChI=1S/C17H20N4O2/c1-10(2)16(22)11-5-3-7-13-15(11)20-14(19-13)9-21-8-4-6-12(18)17(21)23/h3-8,10,16,22H,9,18H2,1-2H3,(H,19,20). The monoisotopic (exact) mass is 312 g/mol. The number of anilines is 1. The number of hydrogen-bond acceptors (Lipinski definition) is 4. The largest absolute Gasteiger partial charge is 0.394 e. The topological polar surface area (TPSA) is 96.9 Å². The van der Waals surface area contributed by atoms with E-state index in [2.05, 4.69) is 9.97 Å². The van der Waals surface area contributed by atoms with Crippen molar-refractivity contribution in [3.05, 3.63) is 58.3 Å². The molecule has 1 aromatic carbocycles. The second kappa shape index (κ2) is 5.89. The zero-order valence-electron chi connectivity index (χ0n) is 13.2. The van der Waals surface area contributed by atoms with E-state index in [4.69, 9.17) is 5.73 Å². The molecule has 120 valence electrons. The molecule has 0 radical (unpaired) electrons. The molecule has 6 heteroatoms. The van der Waals surface area contributed by atoms with Gasteiger partial charge in [0, 0.05) is 11.8 Å². The molecule has 0 bridgehead atoms. The molecule has 6 nitrogen and oxygen atoms in total. The van der Waals surface area contributed by atoms with Crippen LogP contribution in [0.1, 0.15) is 31.3 Å². The summed E-state index contributed by atoms with van der Waals surface area (Å²) in [6.45, 7) is 4.22. The highest BCUT2D eigenvalue weighted by atomic mass is 16.3. The lowest BCUT2D eigenvalue weighted by atomic mass is 9.98. The average Bonchev–Trinajstić information content (AvgIpc) is 2.93. The molecule has 1 atom stereocenters. The van der Waals surface area contributed by atoms with Gasteiger partial charge in [0.05, 0.1) is 29.4 Å². The molecule has 2 aromatic heterocycles. The van der Waals surface area contributed by atoms with Crippen molar-refractivity contribution < 1.29 is 5.11 Å². The summed E-state index contributed by atoms with van der Waals surface area (Å²) in [5.41, 5.74) is 7.99. The zero-order chi connectivity index (χ0) is 16.6. The van der Waals surface area contributed by atoms with Gasteiger partial charge in [-0.1, -0.05) is 26.0 Å². The second-order valence-electron chi connectivity index (χ2n) is 6.01. The molecule has 0 spiro atoms. The Labute approximate surface area is 133 Å². The summed E-state index contributed by atoms with van der Waals surface area (Å²) < 4.78 is 1.51. The molecule has 0 saturated heterocycles. The Hall–Kier alpha value is -2.60. The van der Waals surface area contributed by atoms with Gasteiger partial charge in [-0.25, -0.2) is 4.98 Å². The molecule has 2 heterocycles. The zero-order valence-corrected chi connectivity index (χ0v) is 13.2. The van der Waals surface area contributed by atoms with Gasteiger partial charge in [-0.05, 0) is 24.1 Å². The van der Waals surface area contributed by atoms with Gasteiger partial charge < -0.3 is 20.4 Å². The number of aliphatic hydroxyl groups is 1. The van der Waals surface area contributed by atoms with E-state index < -0.39 is 6.10 Å². The molecule has 0 aliphatic carbocycles. The number of nitrogens with zero attached hydrogens (tertiary/aromatic N) is 2. The van der Waals surface area contributed by atoms with Crippen molar-refractivity contribution in [2.45, 2.75) is 26.5 Å². The number of aliphatic hydroxyl groups excluding tert-OH is 1. The molecular formula is C17H20N4O2. The van der Waals surface area contributed by atoms with Crippen LogP contribution in [-0.2, 0) is 6.54 Å². The number of aromatic nitrogens is 3. The maximum absolute atomic E-state index is 12.0. The first kappa shape index (κ1) is 15.3. The van der Waals surface area contributed by atoms with E-state index in [0.717, 1.165) is 16.6 Å². The van der Waals surface area contributed by atoms with Gasteiger partial charge in [0.15, 0.2) is 0 Å².